The van der Waals surface area contributed by atoms with Crippen molar-refractivity contribution in [1.29, 1.82) is 0 Å². The summed E-state index contributed by atoms with van der Waals surface area (Å²) >= 11 is 0. The van der Waals surface area contributed by atoms with Gasteiger partial charge in [0.15, 0.2) is 0 Å². The molecule has 1 rings (SSSR count). The van der Waals surface area contributed by atoms with E-state index in [1.54, 1.807) is 14.0 Å². The molecule has 0 saturated carbocycles. The highest BCUT2D eigenvalue weighted by atomic mass is 16.5. The highest BCUT2D eigenvalue weighted by Crippen LogP contribution is 2.14. The van der Waals surface area contributed by atoms with E-state index in [2.05, 4.69) is 4.90 Å². The molecule has 2 atom stereocenters. The molecule has 2 unspecified atom stereocenters. The highest BCUT2D eigenvalue weighted by molar-refractivity contribution is 5.83. The summed E-state index contributed by atoms with van der Waals surface area (Å²) in [4.78, 5) is 13.4. The number of carbonyl (C=O) groups is 1. The number of rotatable bonds is 6. The van der Waals surface area contributed by atoms with Gasteiger partial charge in [-0.3, -0.25) is 4.79 Å². The number of hydrogen-bond acceptors (Lipinski definition) is 4. The Kier molecular flexibility index (Phi) is 5.36. The lowest BCUT2D eigenvalue weighted by Crippen LogP contribution is -2.49. The van der Waals surface area contributed by atoms with Crippen molar-refractivity contribution < 1.29 is 9.53 Å². The van der Waals surface area contributed by atoms with E-state index < -0.39 is 11.4 Å². The fraction of sp³-hybridized carbons (Fsp3) is 0.917. The number of primary amides is 1. The van der Waals surface area contributed by atoms with Crippen molar-refractivity contribution in [3.8, 4) is 0 Å². The molecule has 0 spiro atoms. The third kappa shape index (κ3) is 4.61. The highest BCUT2D eigenvalue weighted by Gasteiger charge is 2.26. The molecular formula is C12H25N3O2. The molecule has 0 aromatic carbocycles. The molecule has 0 aliphatic carbocycles. The van der Waals surface area contributed by atoms with E-state index in [1.807, 2.05) is 0 Å². The summed E-state index contributed by atoms with van der Waals surface area (Å²) in [7, 11) is 1.76. The minimum absolute atomic E-state index is 0.351. The maximum absolute atomic E-state index is 11.1. The van der Waals surface area contributed by atoms with Crippen LogP contribution in [0.1, 0.15) is 32.6 Å². The predicted octanol–water partition coefficient (Wildman–Crippen LogP) is 0.0801. The van der Waals surface area contributed by atoms with Crippen LogP contribution in [0, 0.1) is 0 Å². The van der Waals surface area contributed by atoms with Crippen LogP contribution in [0.15, 0.2) is 0 Å². The molecule has 17 heavy (non-hydrogen) atoms. The number of carbonyl (C=O) groups excluding carboxylic acids is 1. The summed E-state index contributed by atoms with van der Waals surface area (Å²) in [6, 6.07) is 0. The lowest BCUT2D eigenvalue weighted by atomic mass is 9.96. The molecule has 4 N–H and O–H groups in total. The maximum atomic E-state index is 11.1. The molecule has 1 fully saturated rings. The van der Waals surface area contributed by atoms with Gasteiger partial charge in [0.1, 0.15) is 0 Å². The summed E-state index contributed by atoms with van der Waals surface area (Å²) in [6.45, 7) is 4.75. The van der Waals surface area contributed by atoms with E-state index in [4.69, 9.17) is 16.2 Å². The standard InChI is InChI=1S/C12H25N3O2/c1-12(14,11(13)16)6-4-8-15-7-3-5-10(9-15)17-2/h10H,3-9,14H2,1-2H3,(H2,13,16). The first-order valence-electron chi connectivity index (χ1n) is 6.29. The van der Waals surface area contributed by atoms with Gasteiger partial charge in [0.05, 0.1) is 11.6 Å². The smallest absolute Gasteiger partial charge is 0.237 e. The Morgan fingerprint density at radius 3 is 2.88 bits per heavy atom. The van der Waals surface area contributed by atoms with E-state index in [9.17, 15) is 4.79 Å². The van der Waals surface area contributed by atoms with Crippen molar-refractivity contribution >= 4 is 5.91 Å². The summed E-state index contributed by atoms with van der Waals surface area (Å²) in [5.74, 6) is -0.425. The molecule has 100 valence electrons. The minimum Gasteiger partial charge on any atom is -0.380 e. The zero-order chi connectivity index (χ0) is 12.9. The van der Waals surface area contributed by atoms with Crippen LogP contribution in [0.25, 0.3) is 0 Å². The van der Waals surface area contributed by atoms with Crippen LogP contribution >= 0.6 is 0 Å². The number of hydrogen-bond donors (Lipinski definition) is 2. The molecule has 1 saturated heterocycles. The summed E-state index contributed by atoms with van der Waals surface area (Å²) < 4.78 is 5.37. The molecule has 1 aliphatic heterocycles. The van der Waals surface area contributed by atoms with Crippen molar-refractivity contribution in [2.45, 2.75) is 44.2 Å². The molecule has 0 aromatic rings. The second-order valence-corrected chi connectivity index (χ2v) is 5.19. The van der Waals surface area contributed by atoms with Gasteiger partial charge in [0.25, 0.3) is 0 Å². The third-order valence-electron chi connectivity index (χ3n) is 3.53. The topological polar surface area (TPSA) is 81.6 Å². The number of likely N-dealkylation sites (tertiary alicyclic amines) is 1. The lowest BCUT2D eigenvalue weighted by molar-refractivity contribution is -0.122. The number of nitrogens with zero attached hydrogens (tertiary/aromatic N) is 1. The molecule has 5 heteroatoms. The first-order chi connectivity index (χ1) is 7.95. The van der Waals surface area contributed by atoms with E-state index in [1.165, 1.54) is 6.42 Å². The molecule has 0 bridgehead atoms. The van der Waals surface area contributed by atoms with Crippen LogP contribution < -0.4 is 11.5 Å². The number of piperidine rings is 1. The Labute approximate surface area is 103 Å². The van der Waals surface area contributed by atoms with E-state index in [0.717, 1.165) is 32.5 Å². The zero-order valence-corrected chi connectivity index (χ0v) is 10.9. The number of nitrogens with two attached hydrogens (primary N) is 2. The molecule has 1 heterocycles. The van der Waals surface area contributed by atoms with Gasteiger partial charge in [-0.1, -0.05) is 0 Å². The third-order valence-corrected chi connectivity index (χ3v) is 3.53. The van der Waals surface area contributed by atoms with Crippen molar-refractivity contribution in [1.82, 2.24) is 4.90 Å². The lowest BCUT2D eigenvalue weighted by Gasteiger charge is -2.32. The van der Waals surface area contributed by atoms with Crippen LogP contribution in [0.3, 0.4) is 0 Å². The first-order valence-corrected chi connectivity index (χ1v) is 6.29. The van der Waals surface area contributed by atoms with Gasteiger partial charge >= 0.3 is 0 Å². The van der Waals surface area contributed by atoms with Crippen molar-refractivity contribution in [2.75, 3.05) is 26.7 Å². The zero-order valence-electron chi connectivity index (χ0n) is 10.9. The van der Waals surface area contributed by atoms with Gasteiger partial charge in [0, 0.05) is 13.7 Å². The van der Waals surface area contributed by atoms with Gasteiger partial charge in [-0.25, -0.2) is 0 Å². The maximum Gasteiger partial charge on any atom is 0.237 e. The Bertz CT molecular complexity index is 256. The normalized spacial score (nSPS) is 25.5. The Morgan fingerprint density at radius 1 is 1.59 bits per heavy atom. The first kappa shape index (κ1) is 14.4. The van der Waals surface area contributed by atoms with Crippen molar-refractivity contribution in [3.05, 3.63) is 0 Å². The Hall–Kier alpha value is -0.650. The fourth-order valence-corrected chi connectivity index (χ4v) is 2.20. The second-order valence-electron chi connectivity index (χ2n) is 5.19. The largest absolute Gasteiger partial charge is 0.380 e. The van der Waals surface area contributed by atoms with Gasteiger partial charge in [-0.2, -0.15) is 0 Å². The van der Waals surface area contributed by atoms with E-state index >= 15 is 0 Å². The fourth-order valence-electron chi connectivity index (χ4n) is 2.20. The van der Waals surface area contributed by atoms with Crippen LogP contribution in [-0.2, 0) is 9.53 Å². The van der Waals surface area contributed by atoms with Gasteiger partial charge in [-0.15, -0.1) is 0 Å². The summed E-state index contributed by atoms with van der Waals surface area (Å²) in [5, 5.41) is 0. The van der Waals surface area contributed by atoms with E-state index in [-0.39, 0.29) is 0 Å². The van der Waals surface area contributed by atoms with Gasteiger partial charge < -0.3 is 21.1 Å². The minimum atomic E-state index is -0.879. The van der Waals surface area contributed by atoms with Gasteiger partial charge in [-0.05, 0) is 45.7 Å². The van der Waals surface area contributed by atoms with Crippen LogP contribution in [0.4, 0.5) is 0 Å². The average Bonchev–Trinajstić information content (AvgIpc) is 2.29. The SMILES string of the molecule is COC1CCCN(CCCC(C)(N)C(N)=O)C1. The Morgan fingerprint density at radius 2 is 2.29 bits per heavy atom. The number of methoxy groups -OCH3 is 1. The molecule has 5 nitrogen and oxygen atoms in total. The molecular weight excluding hydrogens is 218 g/mol. The monoisotopic (exact) mass is 243 g/mol. The molecule has 0 aromatic heterocycles. The van der Waals surface area contributed by atoms with E-state index in [0.29, 0.717) is 12.5 Å². The Balaban J connectivity index is 2.24. The molecule has 0 radical (unpaired) electrons. The van der Waals surface area contributed by atoms with Gasteiger partial charge in [0.2, 0.25) is 5.91 Å². The van der Waals surface area contributed by atoms with Crippen LogP contribution in [-0.4, -0.2) is 49.2 Å². The predicted molar refractivity (Wildman–Crippen MR) is 67.5 cm³/mol. The second kappa shape index (κ2) is 6.33. The summed E-state index contributed by atoms with van der Waals surface area (Å²) in [6.07, 6.45) is 4.20. The molecule has 1 aliphatic rings. The quantitative estimate of drug-likeness (QED) is 0.692. The van der Waals surface area contributed by atoms with Crippen LogP contribution in [0.5, 0.6) is 0 Å². The van der Waals surface area contributed by atoms with Crippen LogP contribution in [0.2, 0.25) is 0 Å². The molecule has 1 amide bonds. The number of ether oxygens (including phenoxy) is 1. The number of amides is 1. The van der Waals surface area contributed by atoms with Crippen molar-refractivity contribution in [3.63, 3.8) is 0 Å². The van der Waals surface area contributed by atoms with Crippen molar-refractivity contribution in [2.24, 2.45) is 11.5 Å². The summed E-state index contributed by atoms with van der Waals surface area (Å²) in [5.41, 5.74) is 10.2. The average molecular weight is 243 g/mol.